The van der Waals surface area contributed by atoms with Crippen LogP contribution in [0.2, 0.25) is 5.02 Å². The van der Waals surface area contributed by atoms with Gasteiger partial charge < -0.3 is 4.57 Å². The van der Waals surface area contributed by atoms with Crippen molar-refractivity contribution in [1.29, 1.82) is 0 Å². The third kappa shape index (κ3) is 3.10. The predicted molar refractivity (Wildman–Crippen MR) is 137 cm³/mol. The van der Waals surface area contributed by atoms with E-state index in [1.165, 1.54) is 38.6 Å². The van der Waals surface area contributed by atoms with Crippen LogP contribution in [-0.2, 0) is 0 Å². The predicted octanol–water partition coefficient (Wildman–Crippen LogP) is 8.77. The SMILES string of the molecule is Clc1ccccc1-c1cccc(-c2ccc3c(c2)c2ccccc2n3-c2ccccc2)c1. The molecule has 0 saturated heterocycles. The van der Waals surface area contributed by atoms with Gasteiger partial charge in [-0.3, -0.25) is 0 Å². The smallest absolute Gasteiger partial charge is 0.0541 e. The molecule has 0 aliphatic heterocycles. The second-order valence-electron chi connectivity index (χ2n) is 7.98. The average Bonchev–Trinajstić information content (AvgIpc) is 3.19. The van der Waals surface area contributed by atoms with Gasteiger partial charge in [-0.1, -0.05) is 90.5 Å². The molecular formula is C30H20ClN. The molecule has 1 aromatic heterocycles. The van der Waals surface area contributed by atoms with Crippen LogP contribution in [0.4, 0.5) is 0 Å². The number of nitrogens with zero attached hydrogens (tertiary/aromatic N) is 1. The van der Waals surface area contributed by atoms with Crippen molar-refractivity contribution >= 4 is 33.4 Å². The van der Waals surface area contributed by atoms with Crippen molar-refractivity contribution in [2.24, 2.45) is 0 Å². The molecular weight excluding hydrogens is 410 g/mol. The molecule has 0 bridgehead atoms. The van der Waals surface area contributed by atoms with E-state index in [0.29, 0.717) is 0 Å². The summed E-state index contributed by atoms with van der Waals surface area (Å²) in [5.41, 5.74) is 8.16. The molecule has 0 aliphatic carbocycles. The topological polar surface area (TPSA) is 4.93 Å². The zero-order chi connectivity index (χ0) is 21.5. The molecule has 5 aromatic carbocycles. The fourth-order valence-corrected chi connectivity index (χ4v) is 4.81. The van der Waals surface area contributed by atoms with Crippen molar-refractivity contribution in [3.63, 3.8) is 0 Å². The third-order valence-corrected chi connectivity index (χ3v) is 6.40. The molecule has 0 spiro atoms. The zero-order valence-corrected chi connectivity index (χ0v) is 18.1. The summed E-state index contributed by atoms with van der Waals surface area (Å²) in [4.78, 5) is 0. The highest BCUT2D eigenvalue weighted by atomic mass is 35.5. The van der Waals surface area contributed by atoms with Crippen LogP contribution in [0.1, 0.15) is 0 Å². The molecule has 32 heavy (non-hydrogen) atoms. The van der Waals surface area contributed by atoms with E-state index in [1.807, 2.05) is 18.2 Å². The summed E-state index contributed by atoms with van der Waals surface area (Å²) < 4.78 is 2.34. The number of para-hydroxylation sites is 2. The number of fused-ring (bicyclic) bond motifs is 3. The van der Waals surface area contributed by atoms with Gasteiger partial charge in [-0.2, -0.15) is 0 Å². The lowest BCUT2D eigenvalue weighted by Gasteiger charge is -2.09. The number of benzene rings is 5. The fraction of sp³-hybridized carbons (Fsp3) is 0. The van der Waals surface area contributed by atoms with Crippen molar-refractivity contribution in [2.45, 2.75) is 0 Å². The average molecular weight is 430 g/mol. The number of aromatic nitrogens is 1. The van der Waals surface area contributed by atoms with E-state index >= 15 is 0 Å². The van der Waals surface area contributed by atoms with Gasteiger partial charge in [0, 0.05) is 27.0 Å². The Hall–Kier alpha value is -3.81. The van der Waals surface area contributed by atoms with Gasteiger partial charge in [-0.15, -0.1) is 0 Å². The minimum atomic E-state index is 0.769. The van der Waals surface area contributed by atoms with Crippen molar-refractivity contribution in [2.75, 3.05) is 0 Å². The summed E-state index contributed by atoms with van der Waals surface area (Å²) in [7, 11) is 0. The zero-order valence-electron chi connectivity index (χ0n) is 17.4. The lowest BCUT2D eigenvalue weighted by molar-refractivity contribution is 1.18. The quantitative estimate of drug-likeness (QED) is 0.265. The first-order valence-electron chi connectivity index (χ1n) is 10.7. The molecule has 6 rings (SSSR count). The first kappa shape index (κ1) is 18.9. The van der Waals surface area contributed by atoms with Crippen molar-refractivity contribution in [3.8, 4) is 27.9 Å². The second kappa shape index (κ2) is 7.71. The molecule has 0 amide bonds. The fourth-order valence-electron chi connectivity index (χ4n) is 4.57. The Balaban J connectivity index is 1.55. The number of rotatable bonds is 3. The molecule has 0 N–H and O–H groups in total. The van der Waals surface area contributed by atoms with Crippen LogP contribution in [0, 0.1) is 0 Å². The Bertz CT molecular complexity index is 1580. The number of hydrogen-bond donors (Lipinski definition) is 0. The normalized spacial score (nSPS) is 11.3. The standard InChI is InChI=1S/C30H20ClN/c31-28-15-6-4-13-25(28)23-10-8-9-21(19-23)22-17-18-30-27(20-22)26-14-5-7-16-29(26)32(30)24-11-2-1-3-12-24/h1-20H. The van der Waals surface area contributed by atoms with Gasteiger partial charge in [0.25, 0.3) is 0 Å². The molecule has 152 valence electrons. The molecule has 0 aliphatic rings. The first-order chi connectivity index (χ1) is 15.8. The Kier molecular flexibility index (Phi) is 4.56. The Labute approximate surface area is 192 Å². The largest absolute Gasteiger partial charge is 0.309 e. The van der Waals surface area contributed by atoms with Gasteiger partial charge >= 0.3 is 0 Å². The summed E-state index contributed by atoms with van der Waals surface area (Å²) in [5.74, 6) is 0. The first-order valence-corrected chi connectivity index (χ1v) is 11.1. The van der Waals surface area contributed by atoms with E-state index < -0.39 is 0 Å². The monoisotopic (exact) mass is 429 g/mol. The van der Waals surface area contributed by atoms with Crippen molar-refractivity contribution in [3.05, 3.63) is 126 Å². The maximum atomic E-state index is 6.46. The lowest BCUT2D eigenvalue weighted by atomic mass is 9.98. The van der Waals surface area contributed by atoms with Crippen molar-refractivity contribution < 1.29 is 0 Å². The Morgan fingerprint density at radius 2 is 1.16 bits per heavy atom. The summed E-state index contributed by atoms with van der Waals surface area (Å²) in [5, 5.41) is 3.28. The molecule has 0 saturated carbocycles. The highest BCUT2D eigenvalue weighted by Gasteiger charge is 2.13. The van der Waals surface area contributed by atoms with Crippen LogP contribution in [0.15, 0.2) is 121 Å². The summed E-state index contributed by atoms with van der Waals surface area (Å²) in [6, 6.07) is 42.5. The maximum absolute atomic E-state index is 6.46. The highest BCUT2D eigenvalue weighted by Crippen LogP contribution is 2.36. The highest BCUT2D eigenvalue weighted by molar-refractivity contribution is 6.33. The summed E-state index contributed by atoms with van der Waals surface area (Å²) in [6.45, 7) is 0. The Morgan fingerprint density at radius 1 is 0.469 bits per heavy atom. The summed E-state index contributed by atoms with van der Waals surface area (Å²) in [6.07, 6.45) is 0. The van der Waals surface area contributed by atoms with E-state index in [9.17, 15) is 0 Å². The molecule has 0 unspecified atom stereocenters. The molecule has 6 aromatic rings. The van der Waals surface area contributed by atoms with Gasteiger partial charge in [0.2, 0.25) is 0 Å². The molecule has 0 fully saturated rings. The third-order valence-electron chi connectivity index (χ3n) is 6.07. The van der Waals surface area contributed by atoms with E-state index in [4.69, 9.17) is 11.6 Å². The summed E-state index contributed by atoms with van der Waals surface area (Å²) >= 11 is 6.46. The van der Waals surface area contributed by atoms with Crippen molar-refractivity contribution in [1.82, 2.24) is 4.57 Å². The number of hydrogen-bond acceptors (Lipinski definition) is 0. The van der Waals surface area contributed by atoms with Crippen LogP contribution >= 0.6 is 11.6 Å². The van der Waals surface area contributed by atoms with Crippen LogP contribution in [-0.4, -0.2) is 4.57 Å². The van der Waals surface area contributed by atoms with Gasteiger partial charge in [0.15, 0.2) is 0 Å². The van der Waals surface area contributed by atoms with Crippen LogP contribution in [0.3, 0.4) is 0 Å². The Morgan fingerprint density at radius 3 is 2.03 bits per heavy atom. The minimum absolute atomic E-state index is 0.769. The van der Waals surface area contributed by atoms with Crippen LogP contribution in [0.25, 0.3) is 49.7 Å². The van der Waals surface area contributed by atoms with E-state index in [0.717, 1.165) is 16.1 Å². The van der Waals surface area contributed by atoms with Gasteiger partial charge in [-0.25, -0.2) is 0 Å². The van der Waals surface area contributed by atoms with E-state index in [-0.39, 0.29) is 0 Å². The van der Waals surface area contributed by atoms with Crippen LogP contribution in [0.5, 0.6) is 0 Å². The minimum Gasteiger partial charge on any atom is -0.309 e. The molecule has 2 heteroatoms. The van der Waals surface area contributed by atoms with E-state index in [2.05, 4.69) is 108 Å². The van der Waals surface area contributed by atoms with Crippen LogP contribution < -0.4 is 0 Å². The number of halogens is 1. The van der Waals surface area contributed by atoms with Gasteiger partial charge in [0.1, 0.15) is 0 Å². The molecule has 0 atom stereocenters. The molecule has 0 radical (unpaired) electrons. The molecule has 1 heterocycles. The van der Waals surface area contributed by atoms with Gasteiger partial charge in [0.05, 0.1) is 11.0 Å². The van der Waals surface area contributed by atoms with E-state index in [1.54, 1.807) is 0 Å². The maximum Gasteiger partial charge on any atom is 0.0541 e. The second-order valence-corrected chi connectivity index (χ2v) is 8.39. The lowest BCUT2D eigenvalue weighted by Crippen LogP contribution is -1.92. The molecule has 1 nitrogen and oxygen atoms in total. The van der Waals surface area contributed by atoms with Gasteiger partial charge in [-0.05, 0) is 59.2 Å².